The quantitative estimate of drug-likeness (QED) is 0.688. The van der Waals surface area contributed by atoms with E-state index >= 15 is 0 Å². The highest BCUT2D eigenvalue weighted by Gasteiger charge is 2.27. The number of hydrogen-bond acceptors (Lipinski definition) is 4. The molecule has 1 heterocycles. The van der Waals surface area contributed by atoms with E-state index in [0.29, 0.717) is 25.6 Å². The van der Waals surface area contributed by atoms with E-state index in [1.54, 1.807) is 12.0 Å². The Morgan fingerprint density at radius 3 is 2.78 bits per heavy atom. The third-order valence-corrected chi connectivity index (χ3v) is 2.97. The van der Waals surface area contributed by atoms with Gasteiger partial charge in [-0.05, 0) is 6.42 Å². The summed E-state index contributed by atoms with van der Waals surface area (Å²) < 4.78 is 9.78. The van der Waals surface area contributed by atoms with Gasteiger partial charge in [-0.15, -0.1) is 0 Å². The number of carbonyl (C=O) groups is 2. The highest BCUT2D eigenvalue weighted by molar-refractivity contribution is 5.77. The number of amides is 2. The normalized spacial score (nSPS) is 20.8. The number of carboxylic acids is 1. The molecule has 0 spiro atoms. The van der Waals surface area contributed by atoms with Crippen molar-refractivity contribution in [2.24, 2.45) is 5.92 Å². The first-order valence-corrected chi connectivity index (χ1v) is 5.85. The van der Waals surface area contributed by atoms with Crippen LogP contribution >= 0.6 is 0 Å². The standard InChI is InChI=1S/C11H20N2O5/c1-17-7-8-3-4-13(6-8)11(16)12-5-9(18-2)10(14)15/h8-9H,3-7H2,1-2H3,(H,12,16)(H,14,15). The number of methoxy groups -OCH3 is 2. The zero-order valence-corrected chi connectivity index (χ0v) is 10.7. The van der Waals surface area contributed by atoms with E-state index in [1.165, 1.54) is 7.11 Å². The topological polar surface area (TPSA) is 88.1 Å². The summed E-state index contributed by atoms with van der Waals surface area (Å²) in [4.78, 5) is 24.1. The third kappa shape index (κ3) is 4.15. The van der Waals surface area contributed by atoms with Crippen molar-refractivity contribution in [3.63, 3.8) is 0 Å². The molecule has 104 valence electrons. The molecule has 7 nitrogen and oxygen atoms in total. The number of urea groups is 1. The first kappa shape index (κ1) is 14.7. The Morgan fingerprint density at radius 1 is 1.50 bits per heavy atom. The maximum atomic E-state index is 11.8. The van der Waals surface area contributed by atoms with Gasteiger partial charge in [0.2, 0.25) is 0 Å². The van der Waals surface area contributed by atoms with Crippen molar-refractivity contribution in [2.75, 3.05) is 40.5 Å². The highest BCUT2D eigenvalue weighted by atomic mass is 16.5. The minimum atomic E-state index is -1.09. The number of carbonyl (C=O) groups excluding carboxylic acids is 1. The summed E-state index contributed by atoms with van der Waals surface area (Å²) >= 11 is 0. The number of ether oxygens (including phenoxy) is 2. The molecule has 1 aliphatic rings. The Kier molecular flexibility index (Phi) is 5.87. The largest absolute Gasteiger partial charge is 0.479 e. The molecule has 0 radical (unpaired) electrons. The van der Waals surface area contributed by atoms with E-state index in [4.69, 9.17) is 14.6 Å². The molecular formula is C11H20N2O5. The zero-order valence-electron chi connectivity index (χ0n) is 10.7. The van der Waals surface area contributed by atoms with Crippen LogP contribution in [0.1, 0.15) is 6.42 Å². The molecule has 2 atom stereocenters. The van der Waals surface area contributed by atoms with Crippen LogP contribution < -0.4 is 5.32 Å². The second-order valence-corrected chi connectivity index (χ2v) is 4.30. The molecule has 7 heteroatoms. The predicted octanol–water partition coefficient (Wildman–Crippen LogP) is -0.236. The fourth-order valence-corrected chi connectivity index (χ4v) is 1.95. The fraction of sp³-hybridized carbons (Fsp3) is 0.818. The summed E-state index contributed by atoms with van der Waals surface area (Å²) in [6, 6.07) is -0.253. The van der Waals surface area contributed by atoms with Gasteiger partial charge in [0.1, 0.15) is 0 Å². The van der Waals surface area contributed by atoms with Gasteiger partial charge in [-0.1, -0.05) is 0 Å². The van der Waals surface area contributed by atoms with Gasteiger partial charge in [0.05, 0.1) is 13.2 Å². The van der Waals surface area contributed by atoms with E-state index in [1.807, 2.05) is 0 Å². The van der Waals surface area contributed by atoms with Crippen molar-refractivity contribution in [1.82, 2.24) is 10.2 Å². The lowest BCUT2D eigenvalue weighted by Crippen LogP contribution is -2.44. The van der Waals surface area contributed by atoms with Gasteiger partial charge in [0.15, 0.2) is 6.10 Å². The maximum Gasteiger partial charge on any atom is 0.334 e. The summed E-state index contributed by atoms with van der Waals surface area (Å²) in [7, 11) is 2.94. The number of likely N-dealkylation sites (tertiary alicyclic amines) is 1. The second kappa shape index (κ2) is 7.17. The molecule has 0 saturated carbocycles. The number of nitrogens with zero attached hydrogens (tertiary/aromatic N) is 1. The minimum Gasteiger partial charge on any atom is -0.479 e. The Hall–Kier alpha value is -1.34. The van der Waals surface area contributed by atoms with Gasteiger partial charge in [-0.3, -0.25) is 0 Å². The van der Waals surface area contributed by atoms with E-state index in [0.717, 1.165) is 6.42 Å². The smallest absolute Gasteiger partial charge is 0.334 e. The molecule has 1 aliphatic heterocycles. The van der Waals surface area contributed by atoms with Crippen molar-refractivity contribution in [3.8, 4) is 0 Å². The van der Waals surface area contributed by atoms with Crippen molar-refractivity contribution < 1.29 is 24.2 Å². The van der Waals surface area contributed by atoms with Gasteiger partial charge in [-0.2, -0.15) is 0 Å². The monoisotopic (exact) mass is 260 g/mol. The Labute approximate surface area is 106 Å². The maximum absolute atomic E-state index is 11.8. The summed E-state index contributed by atoms with van der Waals surface area (Å²) in [6.07, 6.45) is -0.0974. The molecular weight excluding hydrogens is 240 g/mol. The molecule has 1 saturated heterocycles. The van der Waals surface area contributed by atoms with Crippen LogP contribution in [0.2, 0.25) is 0 Å². The summed E-state index contributed by atoms with van der Waals surface area (Å²) in [5.41, 5.74) is 0. The molecule has 0 aliphatic carbocycles. The van der Waals surface area contributed by atoms with E-state index < -0.39 is 12.1 Å². The van der Waals surface area contributed by atoms with Gasteiger partial charge < -0.3 is 24.8 Å². The zero-order chi connectivity index (χ0) is 13.5. The van der Waals surface area contributed by atoms with Crippen LogP contribution in [-0.4, -0.2) is 68.6 Å². The van der Waals surface area contributed by atoms with Gasteiger partial charge in [0, 0.05) is 33.2 Å². The van der Waals surface area contributed by atoms with E-state index in [2.05, 4.69) is 5.32 Å². The number of carboxylic acid groups (broad SMARTS) is 1. The minimum absolute atomic E-state index is 0.0316. The molecule has 1 rings (SSSR count). The Bertz CT molecular complexity index is 297. The van der Waals surface area contributed by atoms with Crippen LogP contribution in [0.25, 0.3) is 0 Å². The van der Waals surface area contributed by atoms with Gasteiger partial charge in [0.25, 0.3) is 0 Å². The van der Waals surface area contributed by atoms with Crippen LogP contribution in [0, 0.1) is 5.92 Å². The molecule has 2 unspecified atom stereocenters. The molecule has 1 fully saturated rings. The molecule has 2 amide bonds. The summed E-state index contributed by atoms with van der Waals surface area (Å²) in [5.74, 6) is -0.727. The summed E-state index contributed by atoms with van der Waals surface area (Å²) in [6.45, 7) is 1.92. The molecule has 0 bridgehead atoms. The first-order chi connectivity index (χ1) is 8.58. The van der Waals surface area contributed by atoms with Crippen LogP contribution in [0.3, 0.4) is 0 Å². The van der Waals surface area contributed by atoms with Crippen LogP contribution in [0.15, 0.2) is 0 Å². The Balaban J connectivity index is 2.31. The second-order valence-electron chi connectivity index (χ2n) is 4.30. The molecule has 0 aromatic carbocycles. The van der Waals surface area contributed by atoms with E-state index in [-0.39, 0.29) is 12.6 Å². The van der Waals surface area contributed by atoms with Gasteiger partial charge in [-0.25, -0.2) is 9.59 Å². The Morgan fingerprint density at radius 2 is 2.22 bits per heavy atom. The SMILES string of the molecule is COCC1CCN(C(=O)NCC(OC)C(=O)O)C1. The van der Waals surface area contributed by atoms with E-state index in [9.17, 15) is 9.59 Å². The van der Waals surface area contributed by atoms with Crippen LogP contribution in [0.4, 0.5) is 4.79 Å². The molecule has 18 heavy (non-hydrogen) atoms. The van der Waals surface area contributed by atoms with Crippen molar-refractivity contribution in [3.05, 3.63) is 0 Å². The predicted molar refractivity (Wildman–Crippen MR) is 63.4 cm³/mol. The average molecular weight is 260 g/mol. The van der Waals surface area contributed by atoms with Crippen molar-refractivity contribution in [2.45, 2.75) is 12.5 Å². The fourth-order valence-electron chi connectivity index (χ4n) is 1.95. The number of aliphatic carboxylic acids is 1. The number of nitrogens with one attached hydrogen (secondary N) is 1. The van der Waals surface area contributed by atoms with Crippen LogP contribution in [-0.2, 0) is 14.3 Å². The molecule has 0 aromatic rings. The van der Waals surface area contributed by atoms with Crippen LogP contribution in [0.5, 0.6) is 0 Å². The van der Waals surface area contributed by atoms with Gasteiger partial charge >= 0.3 is 12.0 Å². The number of hydrogen-bond donors (Lipinski definition) is 2. The first-order valence-electron chi connectivity index (χ1n) is 5.85. The van der Waals surface area contributed by atoms with Crippen molar-refractivity contribution in [1.29, 1.82) is 0 Å². The molecule has 2 N–H and O–H groups in total. The highest BCUT2D eigenvalue weighted by Crippen LogP contribution is 2.16. The average Bonchev–Trinajstić information content (AvgIpc) is 2.78. The lowest BCUT2D eigenvalue weighted by atomic mass is 10.1. The molecule has 0 aromatic heterocycles. The lowest BCUT2D eigenvalue weighted by Gasteiger charge is -2.19. The third-order valence-electron chi connectivity index (χ3n) is 2.97. The summed E-state index contributed by atoms with van der Waals surface area (Å²) in [5, 5.41) is 11.3. The van der Waals surface area contributed by atoms with Crippen molar-refractivity contribution >= 4 is 12.0 Å². The number of rotatable bonds is 6. The lowest BCUT2D eigenvalue weighted by molar-refractivity contribution is -0.148.